The fourth-order valence-electron chi connectivity index (χ4n) is 3.80. The maximum absolute atomic E-state index is 4.38. The van der Waals surface area contributed by atoms with E-state index in [-0.39, 0.29) is 0 Å². The van der Waals surface area contributed by atoms with Crippen molar-refractivity contribution in [1.29, 1.82) is 0 Å². The number of fused-ring (bicyclic) bond motifs is 1. The van der Waals surface area contributed by atoms with E-state index < -0.39 is 0 Å². The molecule has 4 rings (SSSR count). The molecule has 0 bridgehead atoms. The van der Waals surface area contributed by atoms with Crippen LogP contribution in [-0.2, 0) is 13.1 Å². The molecule has 5 nitrogen and oxygen atoms in total. The molecule has 1 aliphatic heterocycles. The van der Waals surface area contributed by atoms with Crippen LogP contribution in [0, 0.1) is 12.8 Å². The van der Waals surface area contributed by atoms with E-state index in [2.05, 4.69) is 62.5 Å². The Bertz CT molecular complexity index is 839. The zero-order valence-electron chi connectivity index (χ0n) is 14.9. The van der Waals surface area contributed by atoms with E-state index in [4.69, 9.17) is 0 Å². The predicted molar refractivity (Wildman–Crippen MR) is 102 cm³/mol. The van der Waals surface area contributed by atoms with Gasteiger partial charge in [0.05, 0.1) is 11.2 Å². The minimum Gasteiger partial charge on any atom is -0.303 e. The van der Waals surface area contributed by atoms with Crippen LogP contribution in [0.1, 0.15) is 22.7 Å². The Morgan fingerprint density at radius 3 is 3.08 bits per heavy atom. The van der Waals surface area contributed by atoms with E-state index in [0.29, 0.717) is 0 Å². The lowest BCUT2D eigenvalue weighted by Crippen LogP contribution is -2.28. The number of likely N-dealkylation sites (tertiary alicyclic amines) is 1. The Morgan fingerprint density at radius 2 is 2.24 bits per heavy atom. The molecule has 1 aliphatic rings. The number of hydrogen-bond acceptors (Lipinski definition) is 5. The molecule has 0 amide bonds. The van der Waals surface area contributed by atoms with Crippen molar-refractivity contribution in [3.8, 4) is 0 Å². The number of hydrogen-bond donors (Lipinski definition) is 0. The Morgan fingerprint density at radius 1 is 1.32 bits per heavy atom. The SMILES string of the molecule is Cc1ncsc1CN(C)CC1CCN(Cc2cccc3nccn23)C1. The van der Waals surface area contributed by atoms with Crippen LogP contribution in [0.4, 0.5) is 0 Å². The number of thiazole rings is 1. The molecule has 0 N–H and O–H groups in total. The molecule has 0 saturated carbocycles. The summed E-state index contributed by atoms with van der Waals surface area (Å²) in [6.45, 7) is 7.64. The average Bonchev–Trinajstić information content (AvgIpc) is 3.31. The molecule has 6 heteroatoms. The molecule has 0 radical (unpaired) electrons. The van der Waals surface area contributed by atoms with Gasteiger partial charge in [-0.1, -0.05) is 6.07 Å². The minimum atomic E-state index is 0.750. The summed E-state index contributed by atoms with van der Waals surface area (Å²) >= 11 is 1.77. The Kier molecular flexibility index (Phi) is 4.83. The first-order chi connectivity index (χ1) is 12.2. The second kappa shape index (κ2) is 7.23. The minimum absolute atomic E-state index is 0.750. The van der Waals surface area contributed by atoms with Gasteiger partial charge in [0, 0.05) is 49.1 Å². The lowest BCUT2D eigenvalue weighted by Gasteiger charge is -2.21. The third-order valence-corrected chi connectivity index (χ3v) is 6.02. The maximum Gasteiger partial charge on any atom is 0.136 e. The van der Waals surface area contributed by atoms with Crippen molar-refractivity contribution < 1.29 is 0 Å². The molecule has 3 aromatic heterocycles. The molecule has 0 aromatic carbocycles. The maximum atomic E-state index is 4.38. The van der Waals surface area contributed by atoms with Gasteiger partial charge in [-0.25, -0.2) is 9.97 Å². The summed E-state index contributed by atoms with van der Waals surface area (Å²) in [5.74, 6) is 0.750. The molecule has 0 spiro atoms. The van der Waals surface area contributed by atoms with Gasteiger partial charge in [0.1, 0.15) is 5.65 Å². The van der Waals surface area contributed by atoms with Crippen LogP contribution in [0.15, 0.2) is 36.1 Å². The average molecular weight is 356 g/mol. The number of aryl methyl sites for hydroxylation is 1. The smallest absolute Gasteiger partial charge is 0.136 e. The zero-order chi connectivity index (χ0) is 17.2. The topological polar surface area (TPSA) is 36.7 Å². The molecule has 0 aliphatic carbocycles. The molecule has 3 aromatic rings. The van der Waals surface area contributed by atoms with Crippen molar-refractivity contribution in [3.05, 3.63) is 52.4 Å². The molecular formula is C19H25N5S. The third kappa shape index (κ3) is 3.76. The van der Waals surface area contributed by atoms with Gasteiger partial charge in [-0.05, 0) is 45.0 Å². The number of pyridine rings is 1. The molecule has 1 unspecified atom stereocenters. The highest BCUT2D eigenvalue weighted by Crippen LogP contribution is 2.21. The van der Waals surface area contributed by atoms with Gasteiger partial charge in [0.25, 0.3) is 0 Å². The van der Waals surface area contributed by atoms with Gasteiger partial charge in [-0.2, -0.15) is 0 Å². The normalized spacial score (nSPS) is 18.6. The fourth-order valence-corrected chi connectivity index (χ4v) is 4.65. The van der Waals surface area contributed by atoms with Crippen molar-refractivity contribution in [2.75, 3.05) is 26.7 Å². The first-order valence-corrected chi connectivity index (χ1v) is 9.78. The van der Waals surface area contributed by atoms with E-state index in [9.17, 15) is 0 Å². The second-order valence-corrected chi connectivity index (χ2v) is 8.06. The van der Waals surface area contributed by atoms with Crippen molar-refractivity contribution >= 4 is 17.0 Å². The van der Waals surface area contributed by atoms with Gasteiger partial charge >= 0.3 is 0 Å². The van der Waals surface area contributed by atoms with Crippen molar-refractivity contribution in [1.82, 2.24) is 24.2 Å². The molecule has 25 heavy (non-hydrogen) atoms. The van der Waals surface area contributed by atoms with Crippen LogP contribution in [-0.4, -0.2) is 50.9 Å². The van der Waals surface area contributed by atoms with Crippen molar-refractivity contribution in [2.45, 2.75) is 26.4 Å². The van der Waals surface area contributed by atoms with E-state index in [1.165, 1.54) is 35.8 Å². The summed E-state index contributed by atoms with van der Waals surface area (Å²) in [7, 11) is 2.23. The summed E-state index contributed by atoms with van der Waals surface area (Å²) in [5.41, 5.74) is 5.49. The standard InChI is InChI=1S/C19H25N5S/c1-15-18(25-14-21-15)13-22(2)10-16-6-8-23(11-16)12-17-4-3-5-19-20-7-9-24(17)19/h3-5,7,9,14,16H,6,8,10-13H2,1-2H3. The molecular weight excluding hydrogens is 330 g/mol. The number of imidazole rings is 1. The Balaban J connectivity index is 1.32. The van der Waals surface area contributed by atoms with Crippen LogP contribution in [0.5, 0.6) is 0 Å². The molecule has 1 saturated heterocycles. The fraction of sp³-hybridized carbons (Fsp3) is 0.474. The van der Waals surface area contributed by atoms with E-state index >= 15 is 0 Å². The van der Waals surface area contributed by atoms with Gasteiger partial charge in [-0.15, -0.1) is 11.3 Å². The van der Waals surface area contributed by atoms with Crippen LogP contribution in [0.25, 0.3) is 5.65 Å². The van der Waals surface area contributed by atoms with Crippen LogP contribution >= 0.6 is 11.3 Å². The summed E-state index contributed by atoms with van der Waals surface area (Å²) in [6.07, 6.45) is 5.22. The Labute approximate surface area is 152 Å². The predicted octanol–water partition coefficient (Wildman–Crippen LogP) is 3.05. The van der Waals surface area contributed by atoms with Gasteiger partial charge in [0.15, 0.2) is 0 Å². The highest BCUT2D eigenvalue weighted by molar-refractivity contribution is 7.09. The molecule has 1 atom stereocenters. The monoisotopic (exact) mass is 355 g/mol. The number of nitrogens with zero attached hydrogens (tertiary/aromatic N) is 5. The summed E-state index contributed by atoms with van der Waals surface area (Å²) < 4.78 is 2.20. The van der Waals surface area contributed by atoms with E-state index in [1.807, 2.05) is 11.7 Å². The van der Waals surface area contributed by atoms with Crippen molar-refractivity contribution in [2.24, 2.45) is 5.92 Å². The lowest BCUT2D eigenvalue weighted by molar-refractivity contribution is 0.254. The van der Waals surface area contributed by atoms with Crippen LogP contribution < -0.4 is 0 Å². The molecule has 132 valence electrons. The summed E-state index contributed by atoms with van der Waals surface area (Å²) in [4.78, 5) is 15.2. The van der Waals surface area contributed by atoms with E-state index in [0.717, 1.165) is 31.2 Å². The molecule has 1 fully saturated rings. The van der Waals surface area contributed by atoms with E-state index in [1.54, 1.807) is 11.3 Å². The second-order valence-electron chi connectivity index (χ2n) is 7.12. The Hall–Kier alpha value is -1.76. The molecule has 4 heterocycles. The van der Waals surface area contributed by atoms with Gasteiger partial charge < -0.3 is 9.30 Å². The van der Waals surface area contributed by atoms with Gasteiger partial charge in [0.2, 0.25) is 0 Å². The number of rotatable bonds is 6. The first-order valence-electron chi connectivity index (χ1n) is 8.90. The highest BCUT2D eigenvalue weighted by Gasteiger charge is 2.24. The van der Waals surface area contributed by atoms with Crippen molar-refractivity contribution in [3.63, 3.8) is 0 Å². The quantitative estimate of drug-likeness (QED) is 0.681. The first kappa shape index (κ1) is 16.7. The summed E-state index contributed by atoms with van der Waals surface area (Å²) in [5, 5.41) is 0. The van der Waals surface area contributed by atoms with Crippen LogP contribution in [0.3, 0.4) is 0 Å². The summed E-state index contributed by atoms with van der Waals surface area (Å²) in [6, 6.07) is 6.38. The van der Waals surface area contributed by atoms with Crippen LogP contribution in [0.2, 0.25) is 0 Å². The zero-order valence-corrected chi connectivity index (χ0v) is 15.7. The third-order valence-electron chi connectivity index (χ3n) is 5.10. The van der Waals surface area contributed by atoms with Gasteiger partial charge in [-0.3, -0.25) is 4.90 Å². The number of aromatic nitrogens is 3. The largest absolute Gasteiger partial charge is 0.303 e. The highest BCUT2D eigenvalue weighted by atomic mass is 32.1. The lowest BCUT2D eigenvalue weighted by atomic mass is 10.1.